The summed E-state index contributed by atoms with van der Waals surface area (Å²) in [7, 11) is 5.00. The monoisotopic (exact) mass is 402 g/mol. The maximum absolute atomic E-state index is 13.5. The van der Waals surface area contributed by atoms with Crippen molar-refractivity contribution in [2.75, 3.05) is 0 Å². The number of esters is 1. The standard InChI is InChI=1S/C14H8BF5N2O3.C3H8/c1-5(2-6-3-22(4-21-6)14(15)24)13(23)25-12-10(19)8(17)7(16)9(18)11(12)20;1-3-2/h3-5H,2H2,1H3;3H2,1-2H3. The van der Waals surface area contributed by atoms with Gasteiger partial charge in [0.25, 0.3) is 0 Å². The number of hydrogen-bond donors (Lipinski definition) is 0. The van der Waals surface area contributed by atoms with Crippen molar-refractivity contribution in [3.05, 3.63) is 47.3 Å². The third-order valence-corrected chi connectivity index (χ3v) is 3.18. The van der Waals surface area contributed by atoms with E-state index < -0.39 is 52.5 Å². The molecule has 1 heterocycles. The molecule has 5 nitrogen and oxygen atoms in total. The van der Waals surface area contributed by atoms with Crippen LogP contribution in [0.15, 0.2) is 12.5 Å². The van der Waals surface area contributed by atoms with Crippen LogP contribution in [0.4, 0.5) is 26.7 Å². The number of carbonyl (C=O) groups is 2. The summed E-state index contributed by atoms with van der Waals surface area (Å²) < 4.78 is 71.3. The maximum Gasteiger partial charge on any atom is 0.314 e. The Labute approximate surface area is 158 Å². The van der Waals surface area contributed by atoms with Crippen molar-refractivity contribution < 1.29 is 36.3 Å². The van der Waals surface area contributed by atoms with Gasteiger partial charge < -0.3 is 4.74 Å². The average Bonchev–Trinajstić information content (AvgIpc) is 3.11. The second-order valence-electron chi connectivity index (χ2n) is 5.74. The van der Waals surface area contributed by atoms with E-state index in [2.05, 4.69) is 23.6 Å². The van der Waals surface area contributed by atoms with Crippen molar-refractivity contribution in [3.63, 3.8) is 0 Å². The molecule has 0 aliphatic carbocycles. The number of nitrogens with zero attached hydrogens (tertiary/aromatic N) is 2. The lowest BCUT2D eigenvalue weighted by Gasteiger charge is -2.12. The van der Waals surface area contributed by atoms with Gasteiger partial charge in [0.05, 0.1) is 11.6 Å². The zero-order chi connectivity index (χ0) is 21.6. The highest BCUT2D eigenvalue weighted by Crippen LogP contribution is 2.29. The fraction of sp³-hybridized carbons (Fsp3) is 0.353. The molecule has 2 rings (SSSR count). The van der Waals surface area contributed by atoms with E-state index in [1.54, 1.807) is 0 Å². The summed E-state index contributed by atoms with van der Waals surface area (Å²) in [5, 5.41) is 0. The summed E-state index contributed by atoms with van der Waals surface area (Å²) >= 11 is 0. The van der Waals surface area contributed by atoms with E-state index in [0.717, 1.165) is 10.9 Å². The van der Waals surface area contributed by atoms with Crippen LogP contribution in [0.5, 0.6) is 5.75 Å². The highest BCUT2D eigenvalue weighted by Gasteiger charge is 2.29. The van der Waals surface area contributed by atoms with E-state index in [0.29, 0.717) is 0 Å². The number of aromatic nitrogens is 2. The Morgan fingerprint density at radius 1 is 1.07 bits per heavy atom. The van der Waals surface area contributed by atoms with Crippen molar-refractivity contribution >= 4 is 19.6 Å². The number of carbonyl (C=O) groups excluding carboxylic acids is 2. The fourth-order valence-corrected chi connectivity index (χ4v) is 1.86. The third kappa shape index (κ3) is 5.40. The summed E-state index contributed by atoms with van der Waals surface area (Å²) in [6.45, 7) is 5.53. The molecule has 1 aromatic carbocycles. The van der Waals surface area contributed by atoms with Crippen LogP contribution in [-0.2, 0) is 11.2 Å². The smallest absolute Gasteiger partial charge is 0.314 e. The van der Waals surface area contributed by atoms with Gasteiger partial charge in [0, 0.05) is 12.6 Å². The zero-order valence-corrected chi connectivity index (χ0v) is 15.2. The Morgan fingerprint density at radius 2 is 1.54 bits per heavy atom. The Hall–Kier alpha value is -2.72. The molecule has 2 radical (unpaired) electrons. The molecule has 0 N–H and O–H groups in total. The van der Waals surface area contributed by atoms with Crippen LogP contribution in [0.2, 0.25) is 0 Å². The second kappa shape index (κ2) is 10.0. The lowest BCUT2D eigenvalue weighted by atomic mass is 10.1. The molecule has 28 heavy (non-hydrogen) atoms. The van der Waals surface area contributed by atoms with Crippen molar-refractivity contribution in [3.8, 4) is 5.75 Å². The van der Waals surface area contributed by atoms with Crippen LogP contribution in [0.25, 0.3) is 0 Å². The fourth-order valence-electron chi connectivity index (χ4n) is 1.86. The highest BCUT2D eigenvalue weighted by atomic mass is 19.2. The summed E-state index contributed by atoms with van der Waals surface area (Å²) in [5.74, 6) is -16.1. The van der Waals surface area contributed by atoms with Crippen LogP contribution in [0.3, 0.4) is 0 Å². The van der Waals surface area contributed by atoms with E-state index in [9.17, 15) is 31.5 Å². The molecule has 0 fully saturated rings. The molecule has 0 amide bonds. The minimum Gasteiger partial charge on any atom is -0.420 e. The zero-order valence-electron chi connectivity index (χ0n) is 15.2. The first kappa shape index (κ1) is 23.3. The quantitative estimate of drug-likeness (QED) is 0.194. The first-order valence-electron chi connectivity index (χ1n) is 8.10. The number of imidazole rings is 1. The van der Waals surface area contributed by atoms with Crippen LogP contribution in [0.1, 0.15) is 32.9 Å². The Balaban J connectivity index is 0.00000122. The van der Waals surface area contributed by atoms with E-state index in [-0.39, 0.29) is 12.1 Å². The Bertz CT molecular complexity index is 844. The van der Waals surface area contributed by atoms with Crippen LogP contribution >= 0.6 is 0 Å². The van der Waals surface area contributed by atoms with Crippen molar-refractivity contribution in [1.82, 2.24) is 9.55 Å². The normalized spacial score (nSPS) is 11.4. The van der Waals surface area contributed by atoms with Gasteiger partial charge in [0.1, 0.15) is 6.33 Å². The lowest BCUT2D eigenvalue weighted by Crippen LogP contribution is -2.22. The molecule has 1 aromatic heterocycles. The first-order valence-corrected chi connectivity index (χ1v) is 8.10. The molecule has 1 atom stereocenters. The minimum atomic E-state index is -2.36. The van der Waals surface area contributed by atoms with Crippen LogP contribution in [-0.4, -0.2) is 29.2 Å². The lowest BCUT2D eigenvalue weighted by molar-refractivity contribution is -0.138. The number of ether oxygens (including phenoxy) is 1. The number of benzene rings is 1. The minimum absolute atomic E-state index is 0.130. The van der Waals surface area contributed by atoms with Gasteiger partial charge in [-0.2, -0.15) is 8.78 Å². The predicted molar refractivity (Wildman–Crippen MR) is 89.5 cm³/mol. The van der Waals surface area contributed by atoms with Crippen molar-refractivity contribution in [2.45, 2.75) is 33.6 Å². The molecule has 2 aromatic rings. The second-order valence-corrected chi connectivity index (χ2v) is 5.74. The largest absolute Gasteiger partial charge is 0.420 e. The number of rotatable bonds is 4. The predicted octanol–water partition coefficient (Wildman–Crippen LogP) is 3.92. The molecule has 0 saturated heterocycles. The number of hydrogen-bond acceptors (Lipinski definition) is 4. The maximum atomic E-state index is 13.5. The summed E-state index contributed by atoms with van der Waals surface area (Å²) in [6.07, 6.45) is 3.42. The summed E-state index contributed by atoms with van der Waals surface area (Å²) in [4.78, 5) is 26.5. The Morgan fingerprint density at radius 3 is 1.96 bits per heavy atom. The molecule has 11 heteroatoms. The van der Waals surface area contributed by atoms with E-state index >= 15 is 0 Å². The van der Waals surface area contributed by atoms with Crippen LogP contribution in [0, 0.1) is 35.0 Å². The van der Waals surface area contributed by atoms with Gasteiger partial charge >= 0.3 is 5.97 Å². The summed E-state index contributed by atoms with van der Waals surface area (Å²) in [6, 6.07) is 0. The molecule has 0 spiro atoms. The van der Waals surface area contributed by atoms with E-state index in [4.69, 9.17) is 7.85 Å². The van der Waals surface area contributed by atoms with Crippen LogP contribution < -0.4 is 4.74 Å². The molecular formula is C17H16BF5N2O3. The average molecular weight is 402 g/mol. The first-order chi connectivity index (χ1) is 13.0. The van der Waals surface area contributed by atoms with Crippen molar-refractivity contribution in [2.24, 2.45) is 5.92 Å². The van der Waals surface area contributed by atoms with Gasteiger partial charge in [0.2, 0.25) is 42.7 Å². The third-order valence-electron chi connectivity index (χ3n) is 3.18. The van der Waals surface area contributed by atoms with E-state index in [1.165, 1.54) is 19.5 Å². The molecular weight excluding hydrogens is 386 g/mol. The van der Waals surface area contributed by atoms with Crippen molar-refractivity contribution in [1.29, 1.82) is 0 Å². The summed E-state index contributed by atoms with van der Waals surface area (Å²) in [5.41, 5.74) is 0.223. The topological polar surface area (TPSA) is 61.2 Å². The number of halogens is 5. The highest BCUT2D eigenvalue weighted by molar-refractivity contribution is 6.57. The van der Waals surface area contributed by atoms with Gasteiger partial charge in [-0.1, -0.05) is 27.2 Å². The molecule has 0 aliphatic rings. The Kier molecular flexibility index (Phi) is 8.33. The van der Waals surface area contributed by atoms with Gasteiger partial charge in [-0.25, -0.2) is 18.2 Å². The van der Waals surface area contributed by atoms with E-state index in [1.807, 2.05) is 0 Å². The molecule has 0 aliphatic heterocycles. The SMILES string of the molecule is CCC.[B]C(=O)n1cnc(CC(C)C(=O)Oc2c(F)c(F)c(F)c(F)c2F)c1. The molecule has 0 saturated carbocycles. The molecule has 1 unspecified atom stereocenters. The van der Waals surface area contributed by atoms with Gasteiger partial charge in [-0.05, 0) is 0 Å². The molecule has 150 valence electrons. The van der Waals surface area contributed by atoms with Gasteiger partial charge in [-0.3, -0.25) is 14.2 Å². The van der Waals surface area contributed by atoms with Gasteiger partial charge in [0.15, 0.2) is 5.81 Å². The molecule has 0 bridgehead atoms. The van der Waals surface area contributed by atoms with Gasteiger partial charge in [-0.15, -0.1) is 0 Å².